The minimum Gasteiger partial charge on any atom is -0.383 e. The molecule has 0 unspecified atom stereocenters. The number of halogens is 2. The van der Waals surface area contributed by atoms with Crippen molar-refractivity contribution in [3.8, 4) is 11.3 Å². The van der Waals surface area contributed by atoms with Gasteiger partial charge in [-0.1, -0.05) is 54.4 Å². The molecule has 0 atom stereocenters. The summed E-state index contributed by atoms with van der Waals surface area (Å²) in [5, 5.41) is 0.691. The van der Waals surface area contributed by atoms with Gasteiger partial charge in [0.05, 0.1) is 0 Å². The van der Waals surface area contributed by atoms with Crippen molar-refractivity contribution in [3.63, 3.8) is 0 Å². The van der Waals surface area contributed by atoms with Gasteiger partial charge in [0.1, 0.15) is 17.3 Å². The minimum absolute atomic E-state index is 0.526. The smallest absolute Gasteiger partial charge is 0.131 e. The lowest BCUT2D eigenvalue weighted by Gasteiger charge is -2.11. The second kappa shape index (κ2) is 6.19. The topological polar surface area (TPSA) is 43.8 Å². The first kappa shape index (κ1) is 15.4. The predicted octanol–water partition coefficient (Wildman–Crippen LogP) is 4.77. The number of hydrogen-bond acceptors (Lipinski definition) is 2. The summed E-state index contributed by atoms with van der Waals surface area (Å²) < 4.78 is 3.02. The Morgan fingerprint density at radius 2 is 2.10 bits per heavy atom. The fourth-order valence-electron chi connectivity index (χ4n) is 2.23. The fraction of sp³-hybridized carbons (Fsp3) is 0.400. The van der Waals surface area contributed by atoms with Crippen LogP contribution in [0.4, 0.5) is 5.82 Å². The average Bonchev–Trinajstić information content (AvgIpc) is 2.67. The van der Waals surface area contributed by atoms with Crippen molar-refractivity contribution < 1.29 is 0 Å². The summed E-state index contributed by atoms with van der Waals surface area (Å²) in [6, 6.07) is 5.67. The molecule has 0 aliphatic rings. The van der Waals surface area contributed by atoms with E-state index in [1.807, 2.05) is 18.2 Å². The molecule has 1 heterocycles. The Balaban J connectivity index is 2.54. The summed E-state index contributed by atoms with van der Waals surface area (Å²) in [6.07, 6.45) is 0.863. The Morgan fingerprint density at radius 1 is 1.40 bits per heavy atom. The maximum absolute atomic E-state index is 6.31. The van der Waals surface area contributed by atoms with Crippen LogP contribution in [0.2, 0.25) is 5.02 Å². The quantitative estimate of drug-likeness (QED) is 0.857. The molecule has 1 aromatic carbocycles. The van der Waals surface area contributed by atoms with Crippen LogP contribution < -0.4 is 5.73 Å². The van der Waals surface area contributed by atoms with Crippen molar-refractivity contribution in [1.82, 2.24) is 9.55 Å². The maximum atomic E-state index is 6.31. The molecule has 0 aliphatic carbocycles. The molecule has 108 valence electrons. The zero-order valence-corrected chi connectivity index (χ0v) is 14.3. The molecule has 0 saturated heterocycles. The molecule has 2 N–H and O–H groups in total. The summed E-state index contributed by atoms with van der Waals surface area (Å²) >= 11 is 9.53. The molecule has 0 fully saturated rings. The number of imidazole rings is 1. The van der Waals surface area contributed by atoms with Crippen LogP contribution in [0.1, 0.15) is 26.6 Å². The lowest BCUT2D eigenvalue weighted by atomic mass is 10.1. The number of nitrogens with zero attached hydrogens (tertiary/aromatic N) is 2. The molecule has 0 radical (unpaired) electrons. The summed E-state index contributed by atoms with van der Waals surface area (Å²) in [6.45, 7) is 7.33. The van der Waals surface area contributed by atoms with Gasteiger partial charge < -0.3 is 10.3 Å². The molecule has 0 spiro atoms. The number of benzene rings is 1. The van der Waals surface area contributed by atoms with E-state index in [4.69, 9.17) is 22.3 Å². The largest absolute Gasteiger partial charge is 0.383 e. The highest BCUT2D eigenvalue weighted by atomic mass is 79.9. The molecular weight excluding hydrogens is 338 g/mol. The van der Waals surface area contributed by atoms with Crippen molar-refractivity contribution in [2.24, 2.45) is 5.92 Å². The lowest BCUT2D eigenvalue weighted by molar-refractivity contribution is 0.513. The number of rotatable bonds is 4. The highest BCUT2D eigenvalue weighted by Gasteiger charge is 2.17. The van der Waals surface area contributed by atoms with Gasteiger partial charge in [-0.05, 0) is 18.1 Å². The first-order valence-electron chi connectivity index (χ1n) is 6.74. The molecular formula is C15H19BrClN3. The predicted molar refractivity (Wildman–Crippen MR) is 89.0 cm³/mol. The Bertz CT molecular complexity index is 620. The fourth-order valence-corrected chi connectivity index (χ4v) is 3.10. The third-order valence-corrected chi connectivity index (χ3v) is 4.03. The molecule has 1 aromatic heterocycles. The normalized spacial score (nSPS) is 11.3. The maximum Gasteiger partial charge on any atom is 0.131 e. The van der Waals surface area contributed by atoms with Crippen molar-refractivity contribution in [1.29, 1.82) is 0 Å². The molecule has 2 aromatic rings. The lowest BCUT2D eigenvalue weighted by Crippen LogP contribution is -2.10. The number of anilines is 1. The second-order valence-electron chi connectivity index (χ2n) is 5.24. The van der Waals surface area contributed by atoms with Crippen LogP contribution in [0.25, 0.3) is 11.3 Å². The van der Waals surface area contributed by atoms with Gasteiger partial charge in [0.25, 0.3) is 0 Å². The highest BCUT2D eigenvalue weighted by Crippen LogP contribution is 2.34. The number of hydrogen-bond donors (Lipinski definition) is 1. The van der Waals surface area contributed by atoms with Crippen LogP contribution in [-0.4, -0.2) is 9.55 Å². The molecule has 2 rings (SSSR count). The average molecular weight is 357 g/mol. The third-order valence-electron chi connectivity index (χ3n) is 3.14. The third kappa shape index (κ3) is 3.01. The van der Waals surface area contributed by atoms with Gasteiger partial charge in [-0.25, -0.2) is 4.98 Å². The molecule has 0 aliphatic heterocycles. The first-order chi connectivity index (χ1) is 9.43. The minimum atomic E-state index is 0.526. The standard InChI is InChI=1S/C15H19BrClN3/c1-4-13-19-14(15(18)20(13)8-9(2)3)11-6-5-10(17)7-12(11)16/h5-7,9H,4,8,18H2,1-3H3. The first-order valence-corrected chi connectivity index (χ1v) is 7.91. The molecule has 0 amide bonds. The molecule has 0 saturated carbocycles. The van der Waals surface area contributed by atoms with E-state index >= 15 is 0 Å². The number of nitrogen functional groups attached to an aromatic ring is 1. The van der Waals surface area contributed by atoms with E-state index in [0.717, 1.165) is 40.3 Å². The van der Waals surface area contributed by atoms with Crippen LogP contribution in [-0.2, 0) is 13.0 Å². The van der Waals surface area contributed by atoms with Gasteiger partial charge in [0.2, 0.25) is 0 Å². The van der Waals surface area contributed by atoms with Crippen molar-refractivity contribution in [3.05, 3.63) is 33.5 Å². The van der Waals surface area contributed by atoms with Crippen molar-refractivity contribution in [2.45, 2.75) is 33.7 Å². The highest BCUT2D eigenvalue weighted by molar-refractivity contribution is 9.10. The SMILES string of the molecule is CCc1nc(-c2ccc(Cl)cc2Br)c(N)n1CC(C)C. The van der Waals surface area contributed by atoms with E-state index in [0.29, 0.717) is 10.9 Å². The Hall–Kier alpha value is -1.00. The monoisotopic (exact) mass is 355 g/mol. The number of aryl methyl sites for hydroxylation is 1. The number of aromatic nitrogens is 2. The molecule has 3 nitrogen and oxygen atoms in total. The van der Waals surface area contributed by atoms with Crippen LogP contribution in [0.3, 0.4) is 0 Å². The molecule has 20 heavy (non-hydrogen) atoms. The summed E-state index contributed by atoms with van der Waals surface area (Å²) in [7, 11) is 0. The van der Waals surface area contributed by atoms with Gasteiger partial charge in [0.15, 0.2) is 0 Å². The van der Waals surface area contributed by atoms with Crippen molar-refractivity contribution in [2.75, 3.05) is 5.73 Å². The van der Waals surface area contributed by atoms with Crippen LogP contribution >= 0.6 is 27.5 Å². The molecule has 0 bridgehead atoms. The van der Waals surface area contributed by atoms with E-state index < -0.39 is 0 Å². The van der Waals surface area contributed by atoms with Crippen LogP contribution in [0.15, 0.2) is 22.7 Å². The Kier molecular flexibility index (Phi) is 4.76. The second-order valence-corrected chi connectivity index (χ2v) is 6.53. The Morgan fingerprint density at radius 3 is 2.65 bits per heavy atom. The van der Waals surface area contributed by atoms with Gasteiger partial charge in [0, 0.05) is 28.0 Å². The Labute approximate surface area is 133 Å². The summed E-state index contributed by atoms with van der Waals surface area (Å²) in [5.74, 6) is 2.27. The summed E-state index contributed by atoms with van der Waals surface area (Å²) in [4.78, 5) is 4.71. The van der Waals surface area contributed by atoms with Crippen LogP contribution in [0, 0.1) is 5.92 Å². The van der Waals surface area contributed by atoms with E-state index in [9.17, 15) is 0 Å². The zero-order valence-electron chi connectivity index (χ0n) is 12.0. The van der Waals surface area contributed by atoms with Gasteiger partial charge in [-0.2, -0.15) is 0 Å². The van der Waals surface area contributed by atoms with Gasteiger partial charge >= 0.3 is 0 Å². The zero-order chi connectivity index (χ0) is 14.9. The van der Waals surface area contributed by atoms with E-state index in [2.05, 4.69) is 41.3 Å². The van der Waals surface area contributed by atoms with Crippen molar-refractivity contribution >= 4 is 33.3 Å². The summed E-state index contributed by atoms with van der Waals surface area (Å²) in [5.41, 5.74) is 8.11. The molecule has 5 heteroatoms. The van der Waals surface area contributed by atoms with Gasteiger partial charge in [-0.3, -0.25) is 0 Å². The number of nitrogens with two attached hydrogens (primary N) is 1. The van der Waals surface area contributed by atoms with E-state index in [1.54, 1.807) is 0 Å². The van der Waals surface area contributed by atoms with E-state index in [1.165, 1.54) is 0 Å². The van der Waals surface area contributed by atoms with E-state index in [-0.39, 0.29) is 0 Å². The van der Waals surface area contributed by atoms with Gasteiger partial charge in [-0.15, -0.1) is 0 Å². The van der Waals surface area contributed by atoms with Crippen LogP contribution in [0.5, 0.6) is 0 Å².